The van der Waals surface area contributed by atoms with E-state index in [1.54, 1.807) is 41.1 Å². The largest absolute Gasteiger partial charge is 0.397 e. The minimum atomic E-state index is -0.249. The molecule has 0 saturated heterocycles. The van der Waals surface area contributed by atoms with E-state index < -0.39 is 0 Å². The maximum atomic E-state index is 12.9. The lowest BCUT2D eigenvalue weighted by Crippen LogP contribution is -2.26. The fraction of sp³-hybridized carbons (Fsp3) is 0.176. The number of fused-ring (bicyclic) bond motifs is 1. The Hall–Kier alpha value is -3.20. The van der Waals surface area contributed by atoms with Crippen molar-refractivity contribution in [2.75, 3.05) is 5.73 Å². The second-order valence-corrected chi connectivity index (χ2v) is 5.49. The lowest BCUT2D eigenvalue weighted by Gasteiger charge is -2.15. The van der Waals surface area contributed by atoms with Crippen LogP contribution in [0.4, 0.5) is 5.69 Å². The molecule has 0 amide bonds. The fourth-order valence-electron chi connectivity index (χ4n) is 2.52. The van der Waals surface area contributed by atoms with Crippen LogP contribution in [0.15, 0.2) is 41.3 Å². The van der Waals surface area contributed by atoms with E-state index >= 15 is 0 Å². The van der Waals surface area contributed by atoms with Crippen molar-refractivity contribution in [1.82, 2.24) is 14.5 Å². The van der Waals surface area contributed by atoms with Gasteiger partial charge in [0.15, 0.2) is 5.65 Å². The number of pyridine rings is 1. The first-order chi connectivity index (χ1) is 11.0. The maximum Gasteiger partial charge on any atom is 0.278 e. The van der Waals surface area contributed by atoms with Gasteiger partial charge in [0.2, 0.25) is 0 Å². The highest BCUT2D eigenvalue weighted by molar-refractivity contribution is 5.85. The van der Waals surface area contributed by atoms with Gasteiger partial charge in [-0.25, -0.2) is 9.97 Å². The second kappa shape index (κ2) is 5.54. The van der Waals surface area contributed by atoms with Crippen LogP contribution in [0.25, 0.3) is 22.4 Å². The molecule has 0 unspecified atom stereocenters. The van der Waals surface area contributed by atoms with Crippen LogP contribution in [0.5, 0.6) is 0 Å². The highest BCUT2D eigenvalue weighted by Crippen LogP contribution is 2.22. The predicted molar refractivity (Wildman–Crippen MR) is 88.7 cm³/mol. The van der Waals surface area contributed by atoms with Crippen molar-refractivity contribution in [3.63, 3.8) is 0 Å². The van der Waals surface area contributed by atoms with Crippen molar-refractivity contribution in [1.29, 1.82) is 5.26 Å². The summed E-state index contributed by atoms with van der Waals surface area (Å²) in [6.45, 7) is 3.81. The summed E-state index contributed by atoms with van der Waals surface area (Å²) in [6, 6.07) is 10.4. The van der Waals surface area contributed by atoms with E-state index in [0.717, 1.165) is 0 Å². The van der Waals surface area contributed by atoms with Crippen LogP contribution in [0.3, 0.4) is 0 Å². The van der Waals surface area contributed by atoms with Crippen molar-refractivity contribution in [3.8, 4) is 17.3 Å². The van der Waals surface area contributed by atoms with Gasteiger partial charge in [0.05, 0.1) is 17.3 Å². The summed E-state index contributed by atoms with van der Waals surface area (Å²) < 4.78 is 1.58. The molecule has 0 radical (unpaired) electrons. The van der Waals surface area contributed by atoms with E-state index in [-0.39, 0.29) is 17.3 Å². The molecule has 0 atom stereocenters. The number of anilines is 1. The molecule has 0 aliphatic heterocycles. The van der Waals surface area contributed by atoms with E-state index in [1.807, 2.05) is 13.8 Å². The first-order valence-corrected chi connectivity index (χ1v) is 7.20. The summed E-state index contributed by atoms with van der Waals surface area (Å²) in [7, 11) is 0. The van der Waals surface area contributed by atoms with Crippen LogP contribution >= 0.6 is 0 Å². The molecule has 3 rings (SSSR count). The van der Waals surface area contributed by atoms with E-state index in [1.165, 1.54) is 0 Å². The SMILES string of the molecule is CC(C)n1c(=O)c(-c2cccc(C#N)c2)nc2c(N)ccnc21. The summed E-state index contributed by atoms with van der Waals surface area (Å²) >= 11 is 0. The van der Waals surface area contributed by atoms with Crippen LogP contribution in [0.2, 0.25) is 0 Å². The van der Waals surface area contributed by atoms with Crippen molar-refractivity contribution < 1.29 is 0 Å². The third kappa shape index (κ3) is 2.42. The zero-order valence-corrected chi connectivity index (χ0v) is 12.8. The van der Waals surface area contributed by atoms with Gasteiger partial charge in [0.25, 0.3) is 5.56 Å². The molecule has 0 fully saturated rings. The van der Waals surface area contributed by atoms with Gasteiger partial charge in [0, 0.05) is 17.8 Å². The molecular weight excluding hydrogens is 290 g/mol. The normalized spacial score (nSPS) is 10.9. The van der Waals surface area contributed by atoms with Gasteiger partial charge in [-0.3, -0.25) is 9.36 Å². The maximum absolute atomic E-state index is 12.9. The average Bonchev–Trinajstić information content (AvgIpc) is 2.54. The van der Waals surface area contributed by atoms with Crippen LogP contribution in [-0.2, 0) is 0 Å². The summed E-state index contributed by atoms with van der Waals surface area (Å²) in [5, 5.41) is 9.05. The lowest BCUT2D eigenvalue weighted by atomic mass is 10.1. The molecule has 2 N–H and O–H groups in total. The van der Waals surface area contributed by atoms with Gasteiger partial charge in [-0.15, -0.1) is 0 Å². The summed E-state index contributed by atoms with van der Waals surface area (Å²) in [4.78, 5) is 21.6. The van der Waals surface area contributed by atoms with Gasteiger partial charge in [-0.2, -0.15) is 5.26 Å². The Kier molecular flexibility index (Phi) is 3.54. The minimum Gasteiger partial charge on any atom is -0.397 e. The fourth-order valence-corrected chi connectivity index (χ4v) is 2.52. The molecule has 114 valence electrons. The molecule has 23 heavy (non-hydrogen) atoms. The molecule has 0 aliphatic carbocycles. The number of aromatic nitrogens is 3. The van der Waals surface area contributed by atoms with Crippen molar-refractivity contribution in [2.45, 2.75) is 19.9 Å². The Balaban J connectivity index is 2.42. The molecule has 2 aromatic heterocycles. The quantitative estimate of drug-likeness (QED) is 0.784. The van der Waals surface area contributed by atoms with Crippen molar-refractivity contribution in [3.05, 3.63) is 52.4 Å². The van der Waals surface area contributed by atoms with Gasteiger partial charge in [-0.1, -0.05) is 12.1 Å². The molecule has 0 bridgehead atoms. The summed E-state index contributed by atoms with van der Waals surface area (Å²) in [6.07, 6.45) is 1.56. The van der Waals surface area contributed by atoms with Crippen LogP contribution in [-0.4, -0.2) is 14.5 Å². The highest BCUT2D eigenvalue weighted by Gasteiger charge is 2.17. The number of nitrogens with zero attached hydrogens (tertiary/aromatic N) is 4. The van der Waals surface area contributed by atoms with Crippen LogP contribution in [0.1, 0.15) is 25.5 Å². The minimum absolute atomic E-state index is 0.0970. The number of nitriles is 1. The van der Waals surface area contributed by atoms with E-state index in [9.17, 15) is 4.79 Å². The monoisotopic (exact) mass is 305 g/mol. The Morgan fingerprint density at radius 3 is 2.78 bits per heavy atom. The topological polar surface area (TPSA) is 97.6 Å². The number of hydrogen-bond acceptors (Lipinski definition) is 5. The zero-order chi connectivity index (χ0) is 16.6. The number of nitrogens with two attached hydrogens (primary N) is 1. The van der Waals surface area contributed by atoms with E-state index in [0.29, 0.717) is 28.0 Å². The van der Waals surface area contributed by atoms with Gasteiger partial charge in [0.1, 0.15) is 11.2 Å². The Labute approximate surface area is 132 Å². The predicted octanol–water partition coefficient (Wildman–Crippen LogP) is 2.49. The zero-order valence-electron chi connectivity index (χ0n) is 12.8. The van der Waals surface area contributed by atoms with E-state index in [2.05, 4.69) is 16.0 Å². The van der Waals surface area contributed by atoms with Gasteiger partial charge in [-0.05, 0) is 32.0 Å². The first-order valence-electron chi connectivity index (χ1n) is 7.20. The Morgan fingerprint density at radius 1 is 1.30 bits per heavy atom. The smallest absolute Gasteiger partial charge is 0.278 e. The Bertz CT molecular complexity index is 998. The van der Waals surface area contributed by atoms with Crippen molar-refractivity contribution in [2.24, 2.45) is 0 Å². The van der Waals surface area contributed by atoms with Crippen molar-refractivity contribution >= 4 is 16.9 Å². The second-order valence-electron chi connectivity index (χ2n) is 5.49. The average molecular weight is 305 g/mol. The number of nitrogen functional groups attached to an aromatic ring is 1. The van der Waals surface area contributed by atoms with Crippen LogP contribution in [0, 0.1) is 11.3 Å². The third-order valence-electron chi connectivity index (χ3n) is 3.59. The molecular formula is C17H15N5O. The standard InChI is InChI=1S/C17H15N5O/c1-10(2)22-16-15(13(19)6-7-20-16)21-14(17(22)23)12-5-3-4-11(8-12)9-18/h3-8,10H,1-2H3,(H2,19,20). The molecule has 3 aromatic rings. The molecule has 2 heterocycles. The lowest BCUT2D eigenvalue weighted by molar-refractivity contribution is 0.594. The van der Waals surface area contributed by atoms with Crippen LogP contribution < -0.4 is 11.3 Å². The highest BCUT2D eigenvalue weighted by atomic mass is 16.1. The third-order valence-corrected chi connectivity index (χ3v) is 3.59. The molecule has 6 heteroatoms. The van der Waals surface area contributed by atoms with Gasteiger partial charge < -0.3 is 5.73 Å². The summed E-state index contributed by atoms with van der Waals surface area (Å²) in [5.41, 5.74) is 8.50. The summed E-state index contributed by atoms with van der Waals surface area (Å²) in [5.74, 6) is 0. The Morgan fingerprint density at radius 2 is 2.09 bits per heavy atom. The molecule has 0 saturated carbocycles. The molecule has 0 aliphatic rings. The van der Waals surface area contributed by atoms with Gasteiger partial charge >= 0.3 is 0 Å². The first kappa shape index (κ1) is 14.7. The molecule has 1 aromatic carbocycles. The number of hydrogen-bond donors (Lipinski definition) is 1. The van der Waals surface area contributed by atoms with E-state index in [4.69, 9.17) is 11.0 Å². The molecule has 6 nitrogen and oxygen atoms in total. The molecule has 0 spiro atoms. The number of rotatable bonds is 2. The number of benzene rings is 1.